The highest BCUT2D eigenvalue weighted by Gasteiger charge is 2.22. The van der Waals surface area contributed by atoms with E-state index in [2.05, 4.69) is 10.1 Å². The summed E-state index contributed by atoms with van der Waals surface area (Å²) in [5, 5.41) is 12.1. The number of likely N-dealkylation sites (tertiary alicyclic amines) is 1. The Bertz CT molecular complexity index is 420. The SMILES string of the molecule is CC1CN(Cc2ccccc2F)CC/C1=N\O. The Kier molecular flexibility index (Phi) is 3.74. The molecular formula is C13H17FN2O. The maximum absolute atomic E-state index is 13.5. The van der Waals surface area contributed by atoms with Crippen molar-refractivity contribution in [3.63, 3.8) is 0 Å². The highest BCUT2D eigenvalue weighted by atomic mass is 19.1. The number of piperidine rings is 1. The number of hydrogen-bond acceptors (Lipinski definition) is 3. The van der Waals surface area contributed by atoms with E-state index in [0.29, 0.717) is 6.54 Å². The molecule has 0 amide bonds. The average molecular weight is 236 g/mol. The molecule has 1 aliphatic heterocycles. The van der Waals surface area contributed by atoms with E-state index in [0.717, 1.165) is 30.8 Å². The van der Waals surface area contributed by atoms with Crippen LogP contribution in [0.4, 0.5) is 4.39 Å². The molecule has 0 bridgehead atoms. The lowest BCUT2D eigenvalue weighted by Gasteiger charge is -2.31. The average Bonchev–Trinajstić information content (AvgIpc) is 2.32. The number of nitrogens with zero attached hydrogens (tertiary/aromatic N) is 2. The molecule has 1 aliphatic rings. The zero-order chi connectivity index (χ0) is 12.3. The summed E-state index contributed by atoms with van der Waals surface area (Å²) in [6, 6.07) is 6.86. The standard InChI is InChI=1S/C13H17FN2O/c1-10-8-16(7-6-13(10)15-17)9-11-4-2-3-5-12(11)14/h2-5,10,17H,6-9H2,1H3/b15-13+. The first-order valence-corrected chi connectivity index (χ1v) is 5.87. The Labute approximate surface area is 101 Å². The molecule has 1 fully saturated rings. The highest BCUT2D eigenvalue weighted by molar-refractivity contribution is 5.86. The van der Waals surface area contributed by atoms with Crippen molar-refractivity contribution in [2.45, 2.75) is 19.9 Å². The Hall–Kier alpha value is -1.42. The lowest BCUT2D eigenvalue weighted by Crippen LogP contribution is -2.39. The molecular weight excluding hydrogens is 219 g/mol. The van der Waals surface area contributed by atoms with Crippen molar-refractivity contribution in [2.75, 3.05) is 13.1 Å². The van der Waals surface area contributed by atoms with E-state index in [1.54, 1.807) is 6.07 Å². The fourth-order valence-corrected chi connectivity index (χ4v) is 2.26. The molecule has 1 aromatic carbocycles. The monoisotopic (exact) mass is 236 g/mol. The smallest absolute Gasteiger partial charge is 0.127 e. The molecule has 0 aliphatic carbocycles. The van der Waals surface area contributed by atoms with Crippen molar-refractivity contribution in [2.24, 2.45) is 11.1 Å². The van der Waals surface area contributed by atoms with E-state index in [4.69, 9.17) is 5.21 Å². The predicted molar refractivity (Wildman–Crippen MR) is 64.7 cm³/mol. The molecule has 1 N–H and O–H groups in total. The van der Waals surface area contributed by atoms with Gasteiger partial charge in [0.1, 0.15) is 5.82 Å². The molecule has 92 valence electrons. The van der Waals surface area contributed by atoms with E-state index < -0.39 is 0 Å². The number of hydrogen-bond donors (Lipinski definition) is 1. The van der Waals surface area contributed by atoms with Gasteiger partial charge >= 0.3 is 0 Å². The summed E-state index contributed by atoms with van der Waals surface area (Å²) in [6.07, 6.45) is 0.756. The van der Waals surface area contributed by atoms with E-state index in [1.807, 2.05) is 19.1 Å². The zero-order valence-corrected chi connectivity index (χ0v) is 9.93. The summed E-state index contributed by atoms with van der Waals surface area (Å²) in [5.74, 6) is 0.0855. The number of halogens is 1. The van der Waals surface area contributed by atoms with E-state index in [9.17, 15) is 4.39 Å². The third-order valence-corrected chi connectivity index (χ3v) is 3.27. The number of oxime groups is 1. The van der Waals surface area contributed by atoms with Crippen molar-refractivity contribution in [3.05, 3.63) is 35.6 Å². The molecule has 0 spiro atoms. The number of benzene rings is 1. The van der Waals surface area contributed by atoms with Crippen LogP contribution < -0.4 is 0 Å². The van der Waals surface area contributed by atoms with Gasteiger partial charge in [-0.25, -0.2) is 4.39 Å². The molecule has 17 heavy (non-hydrogen) atoms. The van der Waals surface area contributed by atoms with Crippen molar-refractivity contribution >= 4 is 5.71 Å². The largest absolute Gasteiger partial charge is 0.411 e. The molecule has 1 unspecified atom stereocenters. The second kappa shape index (κ2) is 5.27. The lowest BCUT2D eigenvalue weighted by atomic mass is 9.97. The fraction of sp³-hybridized carbons (Fsp3) is 0.462. The van der Waals surface area contributed by atoms with Crippen LogP contribution >= 0.6 is 0 Å². The predicted octanol–water partition coefficient (Wildman–Crippen LogP) is 2.50. The normalized spacial score (nSPS) is 24.1. The Balaban J connectivity index is 2.00. The second-order valence-electron chi connectivity index (χ2n) is 4.57. The first-order valence-electron chi connectivity index (χ1n) is 5.87. The topological polar surface area (TPSA) is 35.8 Å². The summed E-state index contributed by atoms with van der Waals surface area (Å²) in [5.41, 5.74) is 1.57. The van der Waals surface area contributed by atoms with Gasteiger partial charge in [-0.3, -0.25) is 4.90 Å². The van der Waals surface area contributed by atoms with Crippen LogP contribution in [0, 0.1) is 11.7 Å². The lowest BCUT2D eigenvalue weighted by molar-refractivity contribution is 0.226. The maximum atomic E-state index is 13.5. The Morgan fingerprint density at radius 3 is 2.88 bits per heavy atom. The van der Waals surface area contributed by atoms with Crippen LogP contribution in [-0.2, 0) is 6.54 Å². The van der Waals surface area contributed by atoms with Gasteiger partial charge in [-0.15, -0.1) is 0 Å². The van der Waals surface area contributed by atoms with Gasteiger partial charge in [-0.1, -0.05) is 30.3 Å². The Morgan fingerprint density at radius 1 is 1.47 bits per heavy atom. The van der Waals surface area contributed by atoms with Crippen LogP contribution in [-0.4, -0.2) is 28.9 Å². The molecule has 3 nitrogen and oxygen atoms in total. The van der Waals surface area contributed by atoms with Gasteiger partial charge in [-0.05, 0) is 6.07 Å². The summed E-state index contributed by atoms with van der Waals surface area (Å²) in [6.45, 7) is 4.28. The van der Waals surface area contributed by atoms with E-state index in [1.165, 1.54) is 6.07 Å². The molecule has 1 saturated heterocycles. The minimum absolute atomic E-state index is 0.151. The van der Waals surface area contributed by atoms with Gasteiger partial charge in [0.2, 0.25) is 0 Å². The Morgan fingerprint density at radius 2 is 2.24 bits per heavy atom. The van der Waals surface area contributed by atoms with Crippen LogP contribution in [0.15, 0.2) is 29.4 Å². The van der Waals surface area contributed by atoms with Gasteiger partial charge in [0.05, 0.1) is 5.71 Å². The number of rotatable bonds is 2. The molecule has 4 heteroatoms. The zero-order valence-electron chi connectivity index (χ0n) is 9.93. The van der Waals surface area contributed by atoms with Gasteiger partial charge in [0, 0.05) is 37.5 Å². The highest BCUT2D eigenvalue weighted by Crippen LogP contribution is 2.17. The molecule has 0 radical (unpaired) electrons. The summed E-state index contributed by atoms with van der Waals surface area (Å²) >= 11 is 0. The third-order valence-electron chi connectivity index (χ3n) is 3.27. The molecule has 0 aromatic heterocycles. The van der Waals surface area contributed by atoms with Crippen molar-refractivity contribution in [1.29, 1.82) is 0 Å². The first-order chi connectivity index (χ1) is 8.20. The molecule has 0 saturated carbocycles. The molecule has 1 heterocycles. The minimum Gasteiger partial charge on any atom is -0.411 e. The minimum atomic E-state index is -0.151. The van der Waals surface area contributed by atoms with Crippen LogP contribution in [0.25, 0.3) is 0 Å². The van der Waals surface area contributed by atoms with Gasteiger partial charge in [0.25, 0.3) is 0 Å². The second-order valence-corrected chi connectivity index (χ2v) is 4.57. The summed E-state index contributed by atoms with van der Waals surface area (Å²) in [7, 11) is 0. The molecule has 1 aromatic rings. The van der Waals surface area contributed by atoms with Crippen LogP contribution in [0.3, 0.4) is 0 Å². The molecule has 1 atom stereocenters. The van der Waals surface area contributed by atoms with Crippen LogP contribution in [0.2, 0.25) is 0 Å². The first kappa shape index (κ1) is 12.0. The van der Waals surface area contributed by atoms with Crippen molar-refractivity contribution in [3.8, 4) is 0 Å². The maximum Gasteiger partial charge on any atom is 0.127 e. The van der Waals surface area contributed by atoms with Gasteiger partial charge in [0.15, 0.2) is 0 Å². The van der Waals surface area contributed by atoms with Crippen LogP contribution in [0.5, 0.6) is 0 Å². The molecule has 2 rings (SSSR count). The van der Waals surface area contributed by atoms with E-state index >= 15 is 0 Å². The van der Waals surface area contributed by atoms with E-state index in [-0.39, 0.29) is 11.7 Å². The fourth-order valence-electron chi connectivity index (χ4n) is 2.26. The third kappa shape index (κ3) is 2.82. The quantitative estimate of drug-likeness (QED) is 0.632. The van der Waals surface area contributed by atoms with Crippen molar-refractivity contribution in [1.82, 2.24) is 4.90 Å². The summed E-state index contributed by atoms with van der Waals surface area (Å²) < 4.78 is 13.5. The van der Waals surface area contributed by atoms with Crippen molar-refractivity contribution < 1.29 is 9.60 Å². The van der Waals surface area contributed by atoms with Gasteiger partial charge in [-0.2, -0.15) is 0 Å². The van der Waals surface area contributed by atoms with Crippen LogP contribution in [0.1, 0.15) is 18.9 Å². The summed E-state index contributed by atoms with van der Waals surface area (Å²) in [4.78, 5) is 2.19. The van der Waals surface area contributed by atoms with Gasteiger partial charge < -0.3 is 5.21 Å².